The maximum atomic E-state index is 8.75. The van der Waals surface area contributed by atoms with Gasteiger partial charge in [0.15, 0.2) is 0 Å². The Morgan fingerprint density at radius 3 is 2.44 bits per heavy atom. The Hall–Kier alpha value is -1.08. The van der Waals surface area contributed by atoms with Gasteiger partial charge in [0.2, 0.25) is 0 Å². The standard InChI is InChI=1S/C14H19N3.ClH/c1-17(14-6-8-16-9-7-14)11-13-4-2-12(10-15)3-5-13;/h2-5,14,16H,6-9,11H2,1H3;1H. The average molecular weight is 266 g/mol. The van der Waals surface area contributed by atoms with Gasteiger partial charge in [-0.2, -0.15) is 5.26 Å². The third-order valence-corrected chi connectivity index (χ3v) is 3.45. The normalized spacial score (nSPS) is 16.1. The van der Waals surface area contributed by atoms with E-state index in [0.717, 1.165) is 25.2 Å². The van der Waals surface area contributed by atoms with Crippen LogP contribution in [0.3, 0.4) is 0 Å². The molecule has 1 heterocycles. The summed E-state index contributed by atoms with van der Waals surface area (Å²) in [6.07, 6.45) is 2.46. The Kier molecular flexibility index (Phi) is 6.14. The summed E-state index contributed by atoms with van der Waals surface area (Å²) in [6.45, 7) is 3.22. The van der Waals surface area contributed by atoms with E-state index in [2.05, 4.69) is 35.5 Å². The smallest absolute Gasteiger partial charge is 0.0991 e. The number of nitrogens with zero attached hydrogens (tertiary/aromatic N) is 2. The molecule has 1 N–H and O–H groups in total. The van der Waals surface area contributed by atoms with E-state index in [1.54, 1.807) is 0 Å². The highest BCUT2D eigenvalue weighted by Gasteiger charge is 2.17. The van der Waals surface area contributed by atoms with E-state index in [1.165, 1.54) is 18.4 Å². The molecule has 1 aromatic rings. The van der Waals surface area contributed by atoms with Crippen LogP contribution in [-0.2, 0) is 6.54 Å². The van der Waals surface area contributed by atoms with E-state index in [0.29, 0.717) is 6.04 Å². The molecule has 1 saturated heterocycles. The summed E-state index contributed by atoms with van der Waals surface area (Å²) < 4.78 is 0. The number of nitriles is 1. The summed E-state index contributed by atoms with van der Waals surface area (Å²) in [5, 5.41) is 12.1. The SMILES string of the molecule is CN(Cc1ccc(C#N)cc1)C1CCNCC1.Cl. The highest BCUT2D eigenvalue weighted by Crippen LogP contribution is 2.14. The molecule has 2 rings (SSSR count). The summed E-state index contributed by atoms with van der Waals surface area (Å²) >= 11 is 0. The molecule has 1 fully saturated rings. The van der Waals surface area contributed by atoms with E-state index in [-0.39, 0.29) is 12.4 Å². The highest BCUT2D eigenvalue weighted by molar-refractivity contribution is 5.85. The number of benzene rings is 1. The molecular weight excluding hydrogens is 246 g/mol. The first-order valence-electron chi connectivity index (χ1n) is 6.19. The van der Waals surface area contributed by atoms with Crippen molar-refractivity contribution in [2.75, 3.05) is 20.1 Å². The van der Waals surface area contributed by atoms with Crippen molar-refractivity contribution in [2.45, 2.75) is 25.4 Å². The van der Waals surface area contributed by atoms with Crippen LogP contribution < -0.4 is 5.32 Å². The van der Waals surface area contributed by atoms with Crippen molar-refractivity contribution in [3.63, 3.8) is 0 Å². The number of rotatable bonds is 3. The quantitative estimate of drug-likeness (QED) is 0.910. The van der Waals surface area contributed by atoms with Crippen molar-refractivity contribution in [1.29, 1.82) is 5.26 Å². The molecule has 18 heavy (non-hydrogen) atoms. The first-order valence-corrected chi connectivity index (χ1v) is 6.19. The number of piperidine rings is 1. The number of hydrogen-bond acceptors (Lipinski definition) is 3. The van der Waals surface area contributed by atoms with Crippen molar-refractivity contribution < 1.29 is 0 Å². The summed E-state index contributed by atoms with van der Waals surface area (Å²) in [6, 6.07) is 10.7. The van der Waals surface area contributed by atoms with Crippen LogP contribution >= 0.6 is 12.4 Å². The Morgan fingerprint density at radius 1 is 1.28 bits per heavy atom. The van der Waals surface area contributed by atoms with Crippen molar-refractivity contribution in [3.05, 3.63) is 35.4 Å². The van der Waals surface area contributed by atoms with Gasteiger partial charge in [-0.05, 0) is 50.7 Å². The third-order valence-electron chi connectivity index (χ3n) is 3.45. The topological polar surface area (TPSA) is 39.1 Å². The molecule has 1 aliphatic heterocycles. The van der Waals surface area contributed by atoms with Crippen molar-refractivity contribution in [3.8, 4) is 6.07 Å². The lowest BCUT2D eigenvalue weighted by Crippen LogP contribution is -2.40. The molecule has 0 aromatic heterocycles. The van der Waals surface area contributed by atoms with Crippen LogP contribution in [0.4, 0.5) is 0 Å². The number of hydrogen-bond donors (Lipinski definition) is 1. The Morgan fingerprint density at radius 2 is 1.89 bits per heavy atom. The molecule has 0 unspecified atom stereocenters. The molecule has 98 valence electrons. The second-order valence-corrected chi connectivity index (χ2v) is 4.71. The predicted molar refractivity (Wildman–Crippen MR) is 75.8 cm³/mol. The molecule has 1 aromatic carbocycles. The van der Waals surface area contributed by atoms with Crippen LogP contribution in [0, 0.1) is 11.3 Å². The fourth-order valence-electron chi connectivity index (χ4n) is 2.35. The molecule has 0 atom stereocenters. The van der Waals surface area contributed by atoms with Crippen LogP contribution in [0.25, 0.3) is 0 Å². The maximum absolute atomic E-state index is 8.75. The fourth-order valence-corrected chi connectivity index (χ4v) is 2.35. The molecule has 4 heteroatoms. The van der Waals surface area contributed by atoms with Gasteiger partial charge in [-0.15, -0.1) is 12.4 Å². The average Bonchev–Trinajstić information content (AvgIpc) is 2.40. The van der Waals surface area contributed by atoms with Gasteiger partial charge in [-0.3, -0.25) is 4.90 Å². The molecule has 3 nitrogen and oxygen atoms in total. The lowest BCUT2D eigenvalue weighted by atomic mass is 10.0. The van der Waals surface area contributed by atoms with Crippen molar-refractivity contribution in [1.82, 2.24) is 10.2 Å². The van der Waals surface area contributed by atoms with Crippen LogP contribution in [-0.4, -0.2) is 31.1 Å². The van der Waals surface area contributed by atoms with Crippen LogP contribution in [0.1, 0.15) is 24.0 Å². The summed E-state index contributed by atoms with van der Waals surface area (Å²) in [5.41, 5.74) is 2.02. The second kappa shape index (κ2) is 7.38. The lowest BCUT2D eigenvalue weighted by molar-refractivity contribution is 0.192. The van der Waals surface area contributed by atoms with Gasteiger partial charge in [0.1, 0.15) is 0 Å². The van der Waals surface area contributed by atoms with Gasteiger partial charge in [0.05, 0.1) is 11.6 Å². The zero-order valence-corrected chi connectivity index (χ0v) is 11.5. The Balaban J connectivity index is 0.00000162. The summed E-state index contributed by atoms with van der Waals surface area (Å²) in [7, 11) is 2.19. The van der Waals surface area contributed by atoms with Crippen LogP contribution in [0.5, 0.6) is 0 Å². The Bertz CT molecular complexity index is 390. The van der Waals surface area contributed by atoms with E-state index >= 15 is 0 Å². The lowest BCUT2D eigenvalue weighted by Gasteiger charge is -2.31. The highest BCUT2D eigenvalue weighted by atomic mass is 35.5. The van der Waals surface area contributed by atoms with E-state index < -0.39 is 0 Å². The monoisotopic (exact) mass is 265 g/mol. The van der Waals surface area contributed by atoms with Crippen LogP contribution in [0.15, 0.2) is 24.3 Å². The third kappa shape index (κ3) is 3.99. The van der Waals surface area contributed by atoms with Crippen molar-refractivity contribution >= 4 is 12.4 Å². The molecule has 0 bridgehead atoms. The van der Waals surface area contributed by atoms with E-state index in [1.807, 2.05) is 12.1 Å². The molecule has 0 spiro atoms. The molecular formula is C14H20ClN3. The molecule has 0 aliphatic carbocycles. The maximum Gasteiger partial charge on any atom is 0.0991 e. The fraction of sp³-hybridized carbons (Fsp3) is 0.500. The number of halogens is 1. The molecule has 0 saturated carbocycles. The van der Waals surface area contributed by atoms with Gasteiger partial charge >= 0.3 is 0 Å². The van der Waals surface area contributed by atoms with Crippen molar-refractivity contribution in [2.24, 2.45) is 0 Å². The number of nitrogens with one attached hydrogen (secondary N) is 1. The zero-order chi connectivity index (χ0) is 12.1. The van der Waals surface area contributed by atoms with Crippen LogP contribution in [0.2, 0.25) is 0 Å². The van der Waals surface area contributed by atoms with Gasteiger partial charge in [-0.1, -0.05) is 12.1 Å². The second-order valence-electron chi connectivity index (χ2n) is 4.71. The largest absolute Gasteiger partial charge is 0.317 e. The summed E-state index contributed by atoms with van der Waals surface area (Å²) in [5.74, 6) is 0. The summed E-state index contributed by atoms with van der Waals surface area (Å²) in [4.78, 5) is 2.42. The van der Waals surface area contributed by atoms with Gasteiger partial charge in [0.25, 0.3) is 0 Å². The predicted octanol–water partition coefficient (Wildman–Crippen LogP) is 2.16. The zero-order valence-electron chi connectivity index (χ0n) is 10.7. The van der Waals surface area contributed by atoms with E-state index in [9.17, 15) is 0 Å². The van der Waals surface area contributed by atoms with Gasteiger partial charge < -0.3 is 5.32 Å². The van der Waals surface area contributed by atoms with Gasteiger partial charge in [0, 0.05) is 12.6 Å². The first-order chi connectivity index (χ1) is 8.29. The molecule has 0 radical (unpaired) electrons. The molecule has 0 amide bonds. The minimum absolute atomic E-state index is 0. The van der Waals surface area contributed by atoms with Gasteiger partial charge in [-0.25, -0.2) is 0 Å². The Labute approximate surface area is 115 Å². The molecule has 1 aliphatic rings. The first kappa shape index (κ1) is 15.0. The minimum atomic E-state index is 0. The minimum Gasteiger partial charge on any atom is -0.317 e. The van der Waals surface area contributed by atoms with E-state index in [4.69, 9.17) is 5.26 Å².